The van der Waals surface area contributed by atoms with Crippen LogP contribution in [0.3, 0.4) is 0 Å². The fourth-order valence-corrected chi connectivity index (χ4v) is 0.467. The largest absolute Gasteiger partial charge is 0.466 e. The van der Waals surface area contributed by atoms with E-state index >= 15 is 0 Å². The number of allylic oxidation sites excluding steroid dienone is 2. The Kier molecular flexibility index (Phi) is 3.47. The summed E-state index contributed by atoms with van der Waals surface area (Å²) in [7, 11) is 1.36. The lowest BCUT2D eigenvalue weighted by Crippen LogP contribution is -2.02. The molecule has 0 saturated carbocycles. The van der Waals surface area contributed by atoms with Crippen LogP contribution in [0.1, 0.15) is 13.8 Å². The molecule has 56 valence electrons. The standard InChI is InChI=1S/C8H12O2/c1-5-6(2)7(3)8(9)10-4/h5H,1H2,2-4H3. The van der Waals surface area contributed by atoms with E-state index in [0.717, 1.165) is 5.57 Å². The Morgan fingerprint density at radius 3 is 2.30 bits per heavy atom. The lowest BCUT2D eigenvalue weighted by molar-refractivity contribution is -0.136. The fraction of sp³-hybridized carbons (Fsp3) is 0.375. The summed E-state index contributed by atoms with van der Waals surface area (Å²) in [6.45, 7) is 7.06. The second-order valence-electron chi connectivity index (χ2n) is 2.00. The van der Waals surface area contributed by atoms with Gasteiger partial charge in [-0.25, -0.2) is 4.79 Å². The minimum absolute atomic E-state index is 0.294. The van der Waals surface area contributed by atoms with Crippen LogP contribution in [0.5, 0.6) is 0 Å². The Morgan fingerprint density at radius 2 is 2.00 bits per heavy atom. The second-order valence-corrected chi connectivity index (χ2v) is 2.00. The van der Waals surface area contributed by atoms with Crippen LogP contribution in [-0.2, 0) is 9.53 Å². The summed E-state index contributed by atoms with van der Waals surface area (Å²) in [6.07, 6.45) is 1.63. The minimum Gasteiger partial charge on any atom is -0.466 e. The van der Waals surface area contributed by atoms with Crippen molar-refractivity contribution >= 4 is 5.97 Å². The van der Waals surface area contributed by atoms with E-state index in [9.17, 15) is 4.79 Å². The molecule has 0 aromatic carbocycles. The summed E-state index contributed by atoms with van der Waals surface area (Å²) in [4.78, 5) is 10.8. The highest BCUT2D eigenvalue weighted by Crippen LogP contribution is 2.04. The van der Waals surface area contributed by atoms with Gasteiger partial charge in [0.1, 0.15) is 0 Å². The van der Waals surface area contributed by atoms with Gasteiger partial charge in [0, 0.05) is 5.57 Å². The molecule has 0 saturated heterocycles. The first-order valence-corrected chi connectivity index (χ1v) is 3.01. The van der Waals surface area contributed by atoms with Gasteiger partial charge < -0.3 is 4.74 Å². The van der Waals surface area contributed by atoms with Gasteiger partial charge in [-0.1, -0.05) is 12.7 Å². The third-order valence-electron chi connectivity index (χ3n) is 1.39. The van der Waals surface area contributed by atoms with Crippen LogP contribution in [0.4, 0.5) is 0 Å². The van der Waals surface area contributed by atoms with Crippen LogP contribution < -0.4 is 0 Å². The van der Waals surface area contributed by atoms with Crippen molar-refractivity contribution in [1.82, 2.24) is 0 Å². The van der Waals surface area contributed by atoms with E-state index in [1.807, 2.05) is 6.92 Å². The summed E-state index contributed by atoms with van der Waals surface area (Å²) in [5, 5.41) is 0. The van der Waals surface area contributed by atoms with Crippen molar-refractivity contribution in [2.24, 2.45) is 0 Å². The van der Waals surface area contributed by atoms with Gasteiger partial charge in [0.05, 0.1) is 7.11 Å². The molecule has 0 radical (unpaired) electrons. The minimum atomic E-state index is -0.294. The van der Waals surface area contributed by atoms with Gasteiger partial charge >= 0.3 is 5.97 Å². The summed E-state index contributed by atoms with van der Waals surface area (Å²) < 4.78 is 4.49. The van der Waals surface area contributed by atoms with E-state index in [-0.39, 0.29) is 5.97 Å². The topological polar surface area (TPSA) is 26.3 Å². The van der Waals surface area contributed by atoms with Gasteiger partial charge in [0.2, 0.25) is 0 Å². The molecule has 0 unspecified atom stereocenters. The number of carbonyl (C=O) groups is 1. The maximum atomic E-state index is 10.8. The lowest BCUT2D eigenvalue weighted by atomic mass is 10.1. The average molecular weight is 140 g/mol. The molecule has 0 spiro atoms. The molecule has 0 rings (SSSR count). The molecule has 0 aliphatic carbocycles. The number of carbonyl (C=O) groups excluding carboxylic acids is 1. The average Bonchev–Trinajstić information content (AvgIpc) is 2.00. The zero-order valence-electron chi connectivity index (χ0n) is 6.60. The maximum Gasteiger partial charge on any atom is 0.333 e. The Balaban J connectivity index is 4.45. The molecule has 0 fully saturated rings. The molecule has 0 heterocycles. The number of methoxy groups -OCH3 is 1. The van der Waals surface area contributed by atoms with Gasteiger partial charge in [0.25, 0.3) is 0 Å². The predicted octanol–water partition coefficient (Wildman–Crippen LogP) is 1.68. The molecule has 0 amide bonds. The molecule has 10 heavy (non-hydrogen) atoms. The second kappa shape index (κ2) is 3.88. The fourth-order valence-electron chi connectivity index (χ4n) is 0.467. The van der Waals surface area contributed by atoms with Crippen molar-refractivity contribution < 1.29 is 9.53 Å². The summed E-state index contributed by atoms with van der Waals surface area (Å²) >= 11 is 0. The van der Waals surface area contributed by atoms with E-state index in [1.54, 1.807) is 13.0 Å². The van der Waals surface area contributed by atoms with Crippen molar-refractivity contribution in [3.63, 3.8) is 0 Å². The van der Waals surface area contributed by atoms with Gasteiger partial charge in [-0.3, -0.25) is 0 Å². The van der Waals surface area contributed by atoms with Gasteiger partial charge in [-0.2, -0.15) is 0 Å². The molecule has 0 atom stereocenters. The summed E-state index contributed by atoms with van der Waals surface area (Å²) in [6, 6.07) is 0. The highest BCUT2D eigenvalue weighted by molar-refractivity contribution is 5.88. The monoisotopic (exact) mass is 140 g/mol. The Morgan fingerprint density at radius 1 is 1.50 bits per heavy atom. The zero-order valence-corrected chi connectivity index (χ0v) is 6.60. The van der Waals surface area contributed by atoms with Crippen molar-refractivity contribution in [3.05, 3.63) is 23.8 Å². The predicted molar refractivity (Wildman–Crippen MR) is 40.6 cm³/mol. The molecule has 0 N–H and O–H groups in total. The highest BCUT2D eigenvalue weighted by Gasteiger charge is 2.03. The highest BCUT2D eigenvalue weighted by atomic mass is 16.5. The zero-order chi connectivity index (χ0) is 8.15. The van der Waals surface area contributed by atoms with Crippen LogP contribution in [0.2, 0.25) is 0 Å². The van der Waals surface area contributed by atoms with E-state index in [0.29, 0.717) is 5.57 Å². The van der Waals surface area contributed by atoms with Crippen LogP contribution >= 0.6 is 0 Å². The molecule has 0 aromatic rings. The normalized spacial score (nSPS) is 11.9. The molecule has 0 aromatic heterocycles. The van der Waals surface area contributed by atoms with Crippen LogP contribution in [0, 0.1) is 0 Å². The van der Waals surface area contributed by atoms with Crippen molar-refractivity contribution in [1.29, 1.82) is 0 Å². The SMILES string of the molecule is C=CC(C)=C(C)C(=O)OC. The van der Waals surface area contributed by atoms with E-state index in [2.05, 4.69) is 11.3 Å². The first kappa shape index (κ1) is 8.95. The third kappa shape index (κ3) is 2.05. The summed E-state index contributed by atoms with van der Waals surface area (Å²) in [5.74, 6) is -0.294. The van der Waals surface area contributed by atoms with E-state index in [1.165, 1.54) is 7.11 Å². The first-order valence-electron chi connectivity index (χ1n) is 3.01. The van der Waals surface area contributed by atoms with Crippen LogP contribution in [0.15, 0.2) is 23.8 Å². The summed E-state index contributed by atoms with van der Waals surface area (Å²) in [5.41, 5.74) is 1.46. The molecule has 2 nitrogen and oxygen atoms in total. The number of ether oxygens (including phenoxy) is 1. The number of esters is 1. The van der Waals surface area contributed by atoms with Gasteiger partial charge in [-0.15, -0.1) is 0 Å². The third-order valence-corrected chi connectivity index (χ3v) is 1.39. The molecular formula is C8H12O2. The molecule has 0 bridgehead atoms. The van der Waals surface area contributed by atoms with Crippen LogP contribution in [0.25, 0.3) is 0 Å². The van der Waals surface area contributed by atoms with E-state index in [4.69, 9.17) is 0 Å². The molecule has 0 aliphatic rings. The molecule has 2 heteroatoms. The van der Waals surface area contributed by atoms with Crippen molar-refractivity contribution in [2.75, 3.05) is 7.11 Å². The molecular weight excluding hydrogens is 128 g/mol. The van der Waals surface area contributed by atoms with E-state index < -0.39 is 0 Å². The first-order chi connectivity index (χ1) is 4.63. The number of rotatable bonds is 2. The van der Waals surface area contributed by atoms with Gasteiger partial charge in [0.15, 0.2) is 0 Å². The number of hydrogen-bond donors (Lipinski definition) is 0. The van der Waals surface area contributed by atoms with Gasteiger partial charge in [-0.05, 0) is 19.4 Å². The maximum absolute atomic E-state index is 10.8. The van der Waals surface area contributed by atoms with Crippen LogP contribution in [-0.4, -0.2) is 13.1 Å². The smallest absolute Gasteiger partial charge is 0.333 e. The lowest BCUT2D eigenvalue weighted by Gasteiger charge is -1.99. The Bertz CT molecular complexity index is 178. The van der Waals surface area contributed by atoms with Crippen molar-refractivity contribution in [3.8, 4) is 0 Å². The quantitative estimate of drug-likeness (QED) is 0.331. The number of hydrogen-bond acceptors (Lipinski definition) is 2. The Hall–Kier alpha value is -1.05. The molecule has 0 aliphatic heterocycles. The van der Waals surface area contributed by atoms with Crippen molar-refractivity contribution in [2.45, 2.75) is 13.8 Å². The Labute approximate surface area is 61.2 Å².